The van der Waals surface area contributed by atoms with Gasteiger partial charge in [0.25, 0.3) is 5.91 Å². The maximum Gasteiger partial charge on any atom is 0.253 e. The summed E-state index contributed by atoms with van der Waals surface area (Å²) in [5.74, 6) is 0.720. The summed E-state index contributed by atoms with van der Waals surface area (Å²) in [6, 6.07) is 6.94. The zero-order valence-electron chi connectivity index (χ0n) is 17.4. The highest BCUT2D eigenvalue weighted by Crippen LogP contribution is 2.11. The number of rotatable bonds is 11. The van der Waals surface area contributed by atoms with Crippen molar-refractivity contribution in [1.82, 2.24) is 15.3 Å². The van der Waals surface area contributed by atoms with Crippen molar-refractivity contribution in [3.8, 4) is 11.8 Å². The lowest BCUT2D eigenvalue weighted by molar-refractivity contribution is -0.0168. The van der Waals surface area contributed by atoms with Crippen molar-refractivity contribution in [2.24, 2.45) is 0 Å². The second-order valence-electron chi connectivity index (χ2n) is 7.22. The van der Waals surface area contributed by atoms with Crippen molar-refractivity contribution < 1.29 is 23.7 Å². The van der Waals surface area contributed by atoms with Gasteiger partial charge < -0.3 is 24.3 Å². The molecule has 0 aromatic carbocycles. The minimum Gasteiger partial charge on any atom is -0.475 e. The first-order chi connectivity index (χ1) is 13.9. The van der Waals surface area contributed by atoms with Crippen LogP contribution in [0.2, 0.25) is 0 Å². The van der Waals surface area contributed by atoms with Gasteiger partial charge in [-0.1, -0.05) is 0 Å². The Morgan fingerprint density at radius 3 is 2.45 bits per heavy atom. The number of nitrogens with one attached hydrogen (secondary N) is 1. The van der Waals surface area contributed by atoms with Gasteiger partial charge in [0.15, 0.2) is 0 Å². The Kier molecular flexibility index (Phi) is 8.82. The standard InChI is InChI=1S/C21H29N3O5/c1-21(2,3)29-12-11-27-18-6-5-17(15-23-18)20(25)24-14-16-7-8-22-19(13-16)28-10-9-26-4/h5-8,13,15H,9-12,14H2,1-4H3,(H,24,25). The van der Waals surface area contributed by atoms with Gasteiger partial charge in [0.2, 0.25) is 11.8 Å². The molecule has 8 heteroatoms. The van der Waals surface area contributed by atoms with Gasteiger partial charge in [-0.3, -0.25) is 4.79 Å². The molecule has 1 amide bonds. The van der Waals surface area contributed by atoms with Crippen molar-refractivity contribution >= 4 is 5.91 Å². The molecular weight excluding hydrogens is 374 g/mol. The van der Waals surface area contributed by atoms with Crippen LogP contribution < -0.4 is 14.8 Å². The number of hydrogen-bond donors (Lipinski definition) is 1. The number of carbonyl (C=O) groups excluding carboxylic acids is 1. The molecule has 8 nitrogen and oxygen atoms in total. The number of ether oxygens (including phenoxy) is 4. The summed E-state index contributed by atoms with van der Waals surface area (Å²) >= 11 is 0. The number of pyridine rings is 2. The van der Waals surface area contributed by atoms with E-state index in [1.54, 1.807) is 31.5 Å². The van der Waals surface area contributed by atoms with E-state index in [2.05, 4.69) is 15.3 Å². The van der Waals surface area contributed by atoms with Crippen molar-refractivity contribution in [2.45, 2.75) is 32.9 Å². The zero-order chi connectivity index (χ0) is 21.1. The maximum absolute atomic E-state index is 12.3. The predicted octanol–water partition coefficient (Wildman–Crippen LogP) is 2.63. The van der Waals surface area contributed by atoms with Gasteiger partial charge in [-0.25, -0.2) is 9.97 Å². The van der Waals surface area contributed by atoms with Gasteiger partial charge in [-0.2, -0.15) is 0 Å². The molecule has 0 aliphatic carbocycles. The Hall–Kier alpha value is -2.71. The summed E-state index contributed by atoms with van der Waals surface area (Å²) in [6.45, 7) is 8.08. The van der Waals surface area contributed by atoms with Crippen LogP contribution in [-0.2, 0) is 16.0 Å². The predicted molar refractivity (Wildman–Crippen MR) is 108 cm³/mol. The third kappa shape index (κ3) is 8.89. The molecule has 2 aromatic heterocycles. The molecule has 2 heterocycles. The summed E-state index contributed by atoms with van der Waals surface area (Å²) in [6.07, 6.45) is 3.13. The van der Waals surface area contributed by atoms with E-state index in [1.165, 1.54) is 6.20 Å². The number of methoxy groups -OCH3 is 1. The van der Waals surface area contributed by atoms with Gasteiger partial charge in [0.1, 0.15) is 13.2 Å². The minimum absolute atomic E-state index is 0.204. The van der Waals surface area contributed by atoms with Crippen LogP contribution in [0.1, 0.15) is 36.7 Å². The quantitative estimate of drug-likeness (QED) is 0.577. The van der Waals surface area contributed by atoms with E-state index in [9.17, 15) is 4.79 Å². The highest BCUT2D eigenvalue weighted by molar-refractivity contribution is 5.93. The van der Waals surface area contributed by atoms with Gasteiger partial charge in [0, 0.05) is 38.2 Å². The smallest absolute Gasteiger partial charge is 0.253 e. The first kappa shape index (κ1) is 22.6. The number of nitrogens with zero attached hydrogens (tertiary/aromatic N) is 2. The van der Waals surface area contributed by atoms with Gasteiger partial charge >= 0.3 is 0 Å². The first-order valence-corrected chi connectivity index (χ1v) is 9.45. The average Bonchev–Trinajstić information content (AvgIpc) is 2.70. The molecule has 29 heavy (non-hydrogen) atoms. The van der Waals surface area contributed by atoms with Crippen LogP contribution >= 0.6 is 0 Å². The second kappa shape index (κ2) is 11.3. The summed E-state index contributed by atoms with van der Waals surface area (Å²) in [5.41, 5.74) is 1.13. The normalized spacial score (nSPS) is 11.2. The maximum atomic E-state index is 12.3. The molecule has 0 unspecified atom stereocenters. The van der Waals surface area contributed by atoms with Crippen LogP contribution in [0.25, 0.3) is 0 Å². The van der Waals surface area contributed by atoms with Crippen molar-refractivity contribution in [3.05, 3.63) is 47.8 Å². The fraction of sp³-hybridized carbons (Fsp3) is 0.476. The second-order valence-corrected chi connectivity index (χ2v) is 7.22. The third-order valence-corrected chi connectivity index (χ3v) is 3.66. The summed E-state index contributed by atoms with van der Waals surface area (Å²) in [4.78, 5) is 20.6. The Labute approximate surface area is 171 Å². The first-order valence-electron chi connectivity index (χ1n) is 9.45. The third-order valence-electron chi connectivity index (χ3n) is 3.66. The molecule has 0 aliphatic heterocycles. The molecule has 0 bridgehead atoms. The lowest BCUT2D eigenvalue weighted by Gasteiger charge is -2.19. The summed E-state index contributed by atoms with van der Waals surface area (Å²) < 4.78 is 21.5. The van der Waals surface area contributed by atoms with E-state index in [0.717, 1.165) is 5.56 Å². The summed E-state index contributed by atoms with van der Waals surface area (Å²) in [5, 5.41) is 2.85. The average molecular weight is 403 g/mol. The van der Waals surface area contributed by atoms with E-state index in [4.69, 9.17) is 18.9 Å². The van der Waals surface area contributed by atoms with Gasteiger partial charge in [0.05, 0.1) is 24.4 Å². The molecule has 0 radical (unpaired) electrons. The van der Waals surface area contributed by atoms with Crippen molar-refractivity contribution in [2.75, 3.05) is 33.5 Å². The van der Waals surface area contributed by atoms with Crippen LogP contribution in [0.4, 0.5) is 0 Å². The molecule has 0 aliphatic rings. The molecular formula is C21H29N3O5. The molecule has 0 fully saturated rings. The Balaban J connectivity index is 1.78. The van der Waals surface area contributed by atoms with E-state index in [-0.39, 0.29) is 11.5 Å². The monoisotopic (exact) mass is 403 g/mol. The number of amides is 1. The Morgan fingerprint density at radius 1 is 1.00 bits per heavy atom. The molecule has 1 N–H and O–H groups in total. The molecule has 158 valence electrons. The van der Waals surface area contributed by atoms with Crippen LogP contribution in [0.5, 0.6) is 11.8 Å². The largest absolute Gasteiger partial charge is 0.475 e. The van der Waals surface area contributed by atoms with E-state index < -0.39 is 0 Å². The number of hydrogen-bond acceptors (Lipinski definition) is 7. The van der Waals surface area contributed by atoms with Gasteiger partial charge in [-0.05, 0) is 38.5 Å². The SMILES string of the molecule is COCCOc1cc(CNC(=O)c2ccc(OCCOC(C)(C)C)nc2)ccn1. The van der Waals surface area contributed by atoms with Crippen LogP contribution in [0, 0.1) is 0 Å². The van der Waals surface area contributed by atoms with Crippen molar-refractivity contribution in [1.29, 1.82) is 0 Å². The lowest BCUT2D eigenvalue weighted by Crippen LogP contribution is -2.23. The van der Waals surface area contributed by atoms with Gasteiger partial charge in [-0.15, -0.1) is 0 Å². The van der Waals surface area contributed by atoms with E-state index >= 15 is 0 Å². The van der Waals surface area contributed by atoms with Crippen LogP contribution in [0.3, 0.4) is 0 Å². The van der Waals surface area contributed by atoms with E-state index in [0.29, 0.717) is 50.3 Å². The van der Waals surface area contributed by atoms with E-state index in [1.807, 2.05) is 26.8 Å². The number of aromatic nitrogens is 2. The molecule has 0 atom stereocenters. The highest BCUT2D eigenvalue weighted by atomic mass is 16.5. The minimum atomic E-state index is -0.223. The zero-order valence-corrected chi connectivity index (χ0v) is 17.4. The molecule has 2 aromatic rings. The van der Waals surface area contributed by atoms with Crippen LogP contribution in [0.15, 0.2) is 36.7 Å². The van der Waals surface area contributed by atoms with Crippen LogP contribution in [-0.4, -0.2) is 55.0 Å². The number of carbonyl (C=O) groups is 1. The fourth-order valence-electron chi connectivity index (χ4n) is 2.25. The topological polar surface area (TPSA) is 91.8 Å². The molecule has 0 saturated carbocycles. The highest BCUT2D eigenvalue weighted by Gasteiger charge is 2.10. The molecule has 0 saturated heterocycles. The molecule has 2 rings (SSSR count). The van der Waals surface area contributed by atoms with Crippen molar-refractivity contribution in [3.63, 3.8) is 0 Å². The summed E-state index contributed by atoms with van der Waals surface area (Å²) in [7, 11) is 1.61. The Morgan fingerprint density at radius 2 is 1.76 bits per heavy atom. The fourth-order valence-corrected chi connectivity index (χ4v) is 2.25. The Bertz CT molecular complexity index is 760. The lowest BCUT2D eigenvalue weighted by atomic mass is 10.2. The molecule has 0 spiro atoms.